The first-order valence-corrected chi connectivity index (χ1v) is 6.51. The molecule has 1 amide bonds. The molecule has 0 aromatic heterocycles. The van der Waals surface area contributed by atoms with Gasteiger partial charge in [-0.3, -0.25) is 14.5 Å². The van der Waals surface area contributed by atoms with Crippen molar-refractivity contribution in [3.05, 3.63) is 29.8 Å². The highest BCUT2D eigenvalue weighted by Crippen LogP contribution is 2.29. The number of aliphatic carboxylic acids is 1. The molecule has 5 nitrogen and oxygen atoms in total. The van der Waals surface area contributed by atoms with Crippen LogP contribution in [0.4, 0.5) is 18.9 Å². The highest BCUT2D eigenvalue weighted by atomic mass is 19.4. The third kappa shape index (κ3) is 5.36. The molecule has 0 saturated heterocycles. The number of hydrogen-bond acceptors (Lipinski definition) is 3. The summed E-state index contributed by atoms with van der Waals surface area (Å²) in [4.78, 5) is 24.0. The summed E-state index contributed by atoms with van der Waals surface area (Å²) >= 11 is 0. The monoisotopic (exact) mass is 318 g/mol. The molecule has 1 atom stereocenters. The molecule has 8 heteroatoms. The first kappa shape index (κ1) is 18.0. The van der Waals surface area contributed by atoms with E-state index in [4.69, 9.17) is 5.11 Å². The Kier molecular flexibility index (Phi) is 5.92. The Morgan fingerprint density at radius 2 is 1.82 bits per heavy atom. The molecule has 0 bridgehead atoms. The summed E-state index contributed by atoms with van der Waals surface area (Å²) in [6.07, 6.45) is -4.53. The van der Waals surface area contributed by atoms with Crippen LogP contribution in [0.3, 0.4) is 0 Å². The second-order valence-corrected chi connectivity index (χ2v) is 4.86. The second-order valence-electron chi connectivity index (χ2n) is 4.86. The van der Waals surface area contributed by atoms with Crippen LogP contribution in [-0.4, -0.2) is 41.5 Å². The van der Waals surface area contributed by atoms with Crippen LogP contribution < -0.4 is 5.32 Å². The molecule has 1 aromatic carbocycles. The van der Waals surface area contributed by atoms with Crippen LogP contribution >= 0.6 is 0 Å². The largest absolute Gasteiger partial charge is 0.481 e. The van der Waals surface area contributed by atoms with Crippen molar-refractivity contribution in [2.45, 2.75) is 25.6 Å². The van der Waals surface area contributed by atoms with E-state index in [-0.39, 0.29) is 18.7 Å². The van der Waals surface area contributed by atoms with Crippen LogP contribution in [0.2, 0.25) is 0 Å². The van der Waals surface area contributed by atoms with Crippen LogP contribution in [0.25, 0.3) is 0 Å². The van der Waals surface area contributed by atoms with Gasteiger partial charge in [0.1, 0.15) is 0 Å². The van der Waals surface area contributed by atoms with E-state index in [1.807, 2.05) is 0 Å². The molecule has 1 aromatic rings. The van der Waals surface area contributed by atoms with Gasteiger partial charge in [0.2, 0.25) is 5.91 Å². The average Bonchev–Trinajstić information content (AvgIpc) is 2.43. The number of carboxylic acid groups (broad SMARTS) is 1. The van der Waals surface area contributed by atoms with Crippen LogP contribution in [0, 0.1) is 0 Å². The zero-order valence-electron chi connectivity index (χ0n) is 12.1. The minimum atomic E-state index is -4.42. The maximum Gasteiger partial charge on any atom is 0.416 e. The van der Waals surface area contributed by atoms with Gasteiger partial charge in [0.25, 0.3) is 0 Å². The van der Waals surface area contributed by atoms with E-state index in [0.717, 1.165) is 12.1 Å². The number of likely N-dealkylation sites (N-methyl/N-ethyl adjacent to an activating group) is 1. The van der Waals surface area contributed by atoms with E-state index in [1.165, 1.54) is 12.1 Å². The van der Waals surface area contributed by atoms with Crippen molar-refractivity contribution in [2.24, 2.45) is 0 Å². The van der Waals surface area contributed by atoms with Crippen molar-refractivity contribution in [1.29, 1.82) is 0 Å². The maximum atomic E-state index is 12.4. The number of hydrogen-bond donors (Lipinski definition) is 2. The summed E-state index contributed by atoms with van der Waals surface area (Å²) in [7, 11) is 1.60. The maximum absolute atomic E-state index is 12.4. The summed E-state index contributed by atoms with van der Waals surface area (Å²) in [5, 5.41) is 11.1. The molecule has 0 fully saturated rings. The van der Waals surface area contributed by atoms with Crippen LogP contribution in [0.5, 0.6) is 0 Å². The molecule has 0 heterocycles. The topological polar surface area (TPSA) is 69.6 Å². The first-order valence-electron chi connectivity index (χ1n) is 6.51. The molecule has 0 radical (unpaired) electrons. The van der Waals surface area contributed by atoms with Crippen LogP contribution in [0.1, 0.15) is 18.9 Å². The summed E-state index contributed by atoms with van der Waals surface area (Å²) in [6, 6.07) is 3.50. The van der Waals surface area contributed by atoms with Gasteiger partial charge in [-0.2, -0.15) is 13.2 Å². The van der Waals surface area contributed by atoms with Crippen molar-refractivity contribution < 1.29 is 27.9 Å². The van der Waals surface area contributed by atoms with E-state index in [1.54, 1.807) is 18.9 Å². The van der Waals surface area contributed by atoms with Crippen molar-refractivity contribution in [2.75, 3.05) is 18.9 Å². The second kappa shape index (κ2) is 7.26. The minimum Gasteiger partial charge on any atom is -0.481 e. The van der Waals surface area contributed by atoms with Gasteiger partial charge in [0.15, 0.2) is 0 Å². The number of benzene rings is 1. The Hall–Kier alpha value is -2.09. The predicted octanol–water partition coefficient (Wildman–Crippen LogP) is 2.44. The molecule has 0 aliphatic rings. The quantitative estimate of drug-likeness (QED) is 0.845. The van der Waals surface area contributed by atoms with Gasteiger partial charge >= 0.3 is 12.1 Å². The first-order chi connectivity index (χ1) is 10.1. The lowest BCUT2D eigenvalue weighted by atomic mass is 10.2. The van der Waals surface area contributed by atoms with Gasteiger partial charge in [-0.15, -0.1) is 0 Å². The van der Waals surface area contributed by atoms with Gasteiger partial charge in [-0.25, -0.2) is 0 Å². The Bertz CT molecular complexity index is 529. The van der Waals surface area contributed by atoms with Gasteiger partial charge in [-0.05, 0) is 38.2 Å². The molecular weight excluding hydrogens is 301 g/mol. The lowest BCUT2D eigenvalue weighted by Crippen LogP contribution is -2.40. The number of alkyl halides is 3. The number of carbonyl (C=O) groups is 2. The van der Waals surface area contributed by atoms with E-state index in [2.05, 4.69) is 5.32 Å². The molecule has 0 saturated carbocycles. The summed E-state index contributed by atoms with van der Waals surface area (Å²) in [5.41, 5.74) is -0.548. The fraction of sp³-hybridized carbons (Fsp3) is 0.429. The van der Waals surface area contributed by atoms with E-state index in [0.29, 0.717) is 0 Å². The van der Waals surface area contributed by atoms with Crippen molar-refractivity contribution in [1.82, 2.24) is 4.90 Å². The minimum absolute atomic E-state index is 0.103. The van der Waals surface area contributed by atoms with E-state index < -0.39 is 29.7 Å². The normalized spacial score (nSPS) is 13.0. The van der Waals surface area contributed by atoms with Crippen LogP contribution in [-0.2, 0) is 15.8 Å². The fourth-order valence-electron chi connectivity index (χ4n) is 1.66. The van der Waals surface area contributed by atoms with Gasteiger partial charge in [0.05, 0.1) is 18.0 Å². The SMILES string of the molecule is CC(C(=O)Nc1ccc(C(F)(F)F)cc1)N(C)CCC(=O)O. The molecule has 2 N–H and O–H groups in total. The molecule has 122 valence electrons. The Morgan fingerprint density at radius 3 is 2.27 bits per heavy atom. The number of carboxylic acids is 1. The van der Waals surface area contributed by atoms with E-state index >= 15 is 0 Å². The molecule has 0 aliphatic carbocycles. The highest BCUT2D eigenvalue weighted by molar-refractivity contribution is 5.94. The summed E-state index contributed by atoms with van der Waals surface area (Å²) < 4.78 is 37.3. The number of nitrogens with one attached hydrogen (secondary N) is 1. The number of nitrogens with zero attached hydrogens (tertiary/aromatic N) is 1. The highest BCUT2D eigenvalue weighted by Gasteiger charge is 2.30. The number of anilines is 1. The smallest absolute Gasteiger partial charge is 0.416 e. The van der Waals surface area contributed by atoms with Gasteiger partial charge in [0, 0.05) is 12.2 Å². The van der Waals surface area contributed by atoms with Crippen LogP contribution in [0.15, 0.2) is 24.3 Å². The number of rotatable bonds is 6. The van der Waals surface area contributed by atoms with Crippen molar-refractivity contribution in [3.8, 4) is 0 Å². The number of amides is 1. The van der Waals surface area contributed by atoms with E-state index in [9.17, 15) is 22.8 Å². The zero-order valence-corrected chi connectivity index (χ0v) is 12.1. The van der Waals surface area contributed by atoms with Gasteiger partial charge in [-0.1, -0.05) is 0 Å². The predicted molar refractivity (Wildman–Crippen MR) is 74.4 cm³/mol. The third-order valence-electron chi connectivity index (χ3n) is 3.20. The third-order valence-corrected chi connectivity index (χ3v) is 3.20. The Balaban J connectivity index is 2.62. The summed E-state index contributed by atoms with van der Waals surface area (Å²) in [5.74, 6) is -1.39. The standard InChI is InChI=1S/C14H17F3N2O3/c1-9(19(2)8-7-12(20)21)13(22)18-11-5-3-10(4-6-11)14(15,16)17/h3-6,9H,7-8H2,1-2H3,(H,18,22)(H,20,21). The van der Waals surface area contributed by atoms with Crippen molar-refractivity contribution >= 4 is 17.6 Å². The molecule has 1 unspecified atom stereocenters. The number of halogens is 3. The molecule has 22 heavy (non-hydrogen) atoms. The lowest BCUT2D eigenvalue weighted by Gasteiger charge is -2.23. The Morgan fingerprint density at radius 1 is 1.27 bits per heavy atom. The average molecular weight is 318 g/mol. The zero-order chi connectivity index (χ0) is 16.9. The summed E-state index contributed by atoms with van der Waals surface area (Å²) in [6.45, 7) is 1.78. The fourth-order valence-corrected chi connectivity index (χ4v) is 1.66. The molecular formula is C14H17F3N2O3. The van der Waals surface area contributed by atoms with Crippen molar-refractivity contribution in [3.63, 3.8) is 0 Å². The van der Waals surface area contributed by atoms with Gasteiger partial charge < -0.3 is 10.4 Å². The number of carbonyl (C=O) groups excluding carboxylic acids is 1. The Labute approximate surface area is 125 Å². The lowest BCUT2D eigenvalue weighted by molar-refractivity contribution is -0.138. The molecule has 0 spiro atoms. The molecule has 0 aliphatic heterocycles. The molecule has 1 rings (SSSR count).